The van der Waals surface area contributed by atoms with E-state index in [1.54, 1.807) is 0 Å². The van der Waals surface area contributed by atoms with Crippen LogP contribution in [0.1, 0.15) is 58.8 Å². The number of nitrogens with one attached hydrogen (secondary N) is 2. The van der Waals surface area contributed by atoms with Crippen molar-refractivity contribution in [3.63, 3.8) is 0 Å². The molecule has 1 unspecified atom stereocenters. The topological polar surface area (TPSA) is 56.7 Å². The Morgan fingerprint density at radius 3 is 2.61 bits per heavy atom. The van der Waals surface area contributed by atoms with E-state index in [0.717, 1.165) is 37.9 Å². The number of rotatable bonds is 5. The molecule has 0 bridgehead atoms. The normalized spacial score (nSPS) is 23.4. The van der Waals surface area contributed by atoms with Crippen molar-refractivity contribution >= 4 is 11.9 Å². The zero-order valence-corrected chi connectivity index (χ0v) is 15.1. The lowest BCUT2D eigenvalue weighted by Gasteiger charge is -2.23. The predicted octanol–water partition coefficient (Wildman–Crippen LogP) is 2.38. The summed E-state index contributed by atoms with van der Waals surface area (Å²) in [6.07, 6.45) is 9.25. The molecule has 5 heteroatoms. The summed E-state index contributed by atoms with van der Waals surface area (Å²) in [6.45, 7) is 6.57. The van der Waals surface area contributed by atoms with Gasteiger partial charge in [0.2, 0.25) is 5.91 Å². The van der Waals surface area contributed by atoms with Gasteiger partial charge in [0, 0.05) is 38.6 Å². The summed E-state index contributed by atoms with van der Waals surface area (Å²) in [5, 5.41) is 6.92. The Morgan fingerprint density at radius 1 is 1.22 bits per heavy atom. The Balaban J connectivity index is 1.67. The summed E-state index contributed by atoms with van der Waals surface area (Å²) in [6, 6.07) is 0.318. The van der Waals surface area contributed by atoms with Crippen LogP contribution in [0, 0.1) is 11.8 Å². The van der Waals surface area contributed by atoms with Gasteiger partial charge in [-0.2, -0.15) is 0 Å². The molecular weight excluding hydrogens is 288 g/mol. The zero-order valence-electron chi connectivity index (χ0n) is 15.1. The van der Waals surface area contributed by atoms with E-state index in [1.165, 1.54) is 38.5 Å². The molecule has 1 heterocycles. The third-order valence-electron chi connectivity index (χ3n) is 5.13. The molecule has 0 aromatic rings. The lowest BCUT2D eigenvalue weighted by Crippen LogP contribution is -2.45. The quantitative estimate of drug-likeness (QED) is 0.603. The van der Waals surface area contributed by atoms with Gasteiger partial charge in [-0.3, -0.25) is 9.79 Å². The first kappa shape index (κ1) is 18.1. The maximum atomic E-state index is 12.0. The molecule has 1 amide bonds. The van der Waals surface area contributed by atoms with Crippen LogP contribution in [0.15, 0.2) is 4.99 Å². The minimum absolute atomic E-state index is 0.0849. The summed E-state index contributed by atoms with van der Waals surface area (Å²) in [5.41, 5.74) is 0. The lowest BCUT2D eigenvalue weighted by atomic mass is 9.87. The maximum Gasteiger partial charge on any atom is 0.225 e. The first-order valence-electron chi connectivity index (χ1n) is 9.36. The van der Waals surface area contributed by atoms with Gasteiger partial charge >= 0.3 is 0 Å². The minimum Gasteiger partial charge on any atom is -0.356 e. The molecule has 2 rings (SSSR count). The molecular formula is C18H34N4O. The minimum atomic E-state index is 0.0849. The van der Waals surface area contributed by atoms with Crippen molar-refractivity contribution in [3.05, 3.63) is 0 Å². The van der Waals surface area contributed by atoms with Crippen molar-refractivity contribution in [2.24, 2.45) is 16.8 Å². The van der Waals surface area contributed by atoms with Gasteiger partial charge in [0.1, 0.15) is 0 Å². The number of nitrogens with zero attached hydrogens (tertiary/aromatic N) is 2. The van der Waals surface area contributed by atoms with Crippen LogP contribution in [-0.4, -0.2) is 49.5 Å². The first-order valence-corrected chi connectivity index (χ1v) is 9.36. The average molecular weight is 322 g/mol. The zero-order chi connectivity index (χ0) is 16.7. The molecule has 2 fully saturated rings. The van der Waals surface area contributed by atoms with Crippen LogP contribution < -0.4 is 10.6 Å². The lowest BCUT2D eigenvalue weighted by molar-refractivity contribution is -0.133. The van der Waals surface area contributed by atoms with Crippen LogP contribution >= 0.6 is 0 Å². The third kappa shape index (κ3) is 5.70. The van der Waals surface area contributed by atoms with Gasteiger partial charge in [-0.1, -0.05) is 46.0 Å². The fourth-order valence-electron chi connectivity index (χ4n) is 3.70. The Bertz CT molecular complexity index is 402. The summed E-state index contributed by atoms with van der Waals surface area (Å²) < 4.78 is 0. The van der Waals surface area contributed by atoms with E-state index < -0.39 is 0 Å². The molecule has 5 nitrogen and oxygen atoms in total. The number of likely N-dealkylation sites (tertiary alicyclic amines) is 1. The van der Waals surface area contributed by atoms with Crippen LogP contribution in [-0.2, 0) is 4.79 Å². The monoisotopic (exact) mass is 322 g/mol. The summed E-state index contributed by atoms with van der Waals surface area (Å²) in [7, 11) is 1.82. The predicted molar refractivity (Wildman–Crippen MR) is 95.5 cm³/mol. The molecule has 0 aromatic carbocycles. The fraction of sp³-hybridized carbons (Fsp3) is 0.889. The molecule has 1 saturated heterocycles. The van der Waals surface area contributed by atoms with Crippen molar-refractivity contribution in [3.8, 4) is 0 Å². The van der Waals surface area contributed by atoms with Gasteiger partial charge in [-0.05, 0) is 18.8 Å². The van der Waals surface area contributed by atoms with Gasteiger partial charge < -0.3 is 15.5 Å². The second-order valence-electron chi connectivity index (χ2n) is 7.36. The standard InChI is InChI=1S/C18H34N4O/c1-14(2)17(23)22-12-10-16(13-22)21-18(19-3)20-11-9-15-7-5-4-6-8-15/h14-16H,4-13H2,1-3H3,(H2,19,20,21). The Kier molecular flexibility index (Phi) is 7.18. The van der Waals surface area contributed by atoms with Crippen molar-refractivity contribution in [2.45, 2.75) is 64.8 Å². The molecule has 1 saturated carbocycles. The van der Waals surface area contributed by atoms with Gasteiger partial charge in [-0.15, -0.1) is 0 Å². The molecule has 0 aromatic heterocycles. The Hall–Kier alpha value is -1.26. The van der Waals surface area contributed by atoms with E-state index in [-0.39, 0.29) is 11.8 Å². The second-order valence-corrected chi connectivity index (χ2v) is 7.36. The van der Waals surface area contributed by atoms with Crippen molar-refractivity contribution < 1.29 is 4.79 Å². The van der Waals surface area contributed by atoms with E-state index in [2.05, 4.69) is 15.6 Å². The van der Waals surface area contributed by atoms with Crippen LogP contribution in [0.2, 0.25) is 0 Å². The molecule has 132 valence electrons. The maximum absolute atomic E-state index is 12.0. The van der Waals surface area contributed by atoms with Gasteiger partial charge in [0.15, 0.2) is 5.96 Å². The molecule has 2 aliphatic rings. The van der Waals surface area contributed by atoms with Crippen LogP contribution in [0.5, 0.6) is 0 Å². The van der Waals surface area contributed by atoms with E-state index in [4.69, 9.17) is 0 Å². The highest BCUT2D eigenvalue weighted by Crippen LogP contribution is 2.25. The van der Waals surface area contributed by atoms with Crippen LogP contribution in [0.25, 0.3) is 0 Å². The smallest absolute Gasteiger partial charge is 0.225 e. The molecule has 1 aliphatic carbocycles. The number of carbonyl (C=O) groups excluding carboxylic acids is 1. The highest BCUT2D eigenvalue weighted by atomic mass is 16.2. The van der Waals surface area contributed by atoms with Gasteiger partial charge in [0.05, 0.1) is 0 Å². The molecule has 1 atom stereocenters. The largest absolute Gasteiger partial charge is 0.356 e. The van der Waals surface area contributed by atoms with E-state index in [0.29, 0.717) is 6.04 Å². The summed E-state index contributed by atoms with van der Waals surface area (Å²) >= 11 is 0. The van der Waals surface area contributed by atoms with E-state index >= 15 is 0 Å². The molecule has 1 aliphatic heterocycles. The number of amides is 1. The number of aliphatic imine (C=N–C) groups is 1. The molecule has 0 radical (unpaired) electrons. The van der Waals surface area contributed by atoms with E-state index in [9.17, 15) is 4.79 Å². The van der Waals surface area contributed by atoms with Gasteiger partial charge in [0.25, 0.3) is 0 Å². The van der Waals surface area contributed by atoms with Crippen molar-refractivity contribution in [1.29, 1.82) is 0 Å². The highest BCUT2D eigenvalue weighted by Gasteiger charge is 2.27. The number of guanidine groups is 1. The van der Waals surface area contributed by atoms with E-state index in [1.807, 2.05) is 25.8 Å². The number of carbonyl (C=O) groups is 1. The highest BCUT2D eigenvalue weighted by molar-refractivity contribution is 5.81. The third-order valence-corrected chi connectivity index (χ3v) is 5.13. The summed E-state index contributed by atoms with van der Waals surface area (Å²) in [4.78, 5) is 18.3. The van der Waals surface area contributed by atoms with Crippen LogP contribution in [0.4, 0.5) is 0 Å². The molecule has 2 N–H and O–H groups in total. The Morgan fingerprint density at radius 2 is 1.96 bits per heavy atom. The summed E-state index contributed by atoms with van der Waals surface area (Å²) in [5.74, 6) is 2.11. The number of hydrogen-bond donors (Lipinski definition) is 2. The first-order chi connectivity index (χ1) is 11.1. The fourth-order valence-corrected chi connectivity index (χ4v) is 3.70. The second kappa shape index (κ2) is 9.14. The number of hydrogen-bond acceptors (Lipinski definition) is 2. The van der Waals surface area contributed by atoms with Gasteiger partial charge in [-0.25, -0.2) is 0 Å². The SMILES string of the molecule is CN=C(NCCC1CCCCC1)NC1CCN(C(=O)C(C)C)C1. The molecule has 23 heavy (non-hydrogen) atoms. The molecule has 0 spiro atoms. The van der Waals surface area contributed by atoms with Crippen molar-refractivity contribution in [1.82, 2.24) is 15.5 Å². The Labute approximate surface area is 141 Å². The van der Waals surface area contributed by atoms with Crippen LogP contribution in [0.3, 0.4) is 0 Å². The van der Waals surface area contributed by atoms with Crippen molar-refractivity contribution in [2.75, 3.05) is 26.7 Å². The average Bonchev–Trinajstić information content (AvgIpc) is 3.02.